The molecule has 2 aromatic heterocycles. The molecule has 3 N–H and O–H groups in total. The summed E-state index contributed by atoms with van der Waals surface area (Å²) in [6, 6.07) is 9.15. The SMILES string of the molecule is C[C@H](O)CNc1nc(Oc2ccc(F)cc2F)nc2c1c(-c1ccccc1Cl)nn2COC(=O)CCC(=O)O. The average molecular weight is 562 g/mol. The molecule has 0 aliphatic heterocycles. The fourth-order valence-corrected chi connectivity index (χ4v) is 3.70. The van der Waals surface area contributed by atoms with Gasteiger partial charge in [-0.15, -0.1) is 0 Å². The van der Waals surface area contributed by atoms with Crippen molar-refractivity contribution in [1.29, 1.82) is 0 Å². The number of aromatic nitrogens is 4. The van der Waals surface area contributed by atoms with E-state index in [9.17, 15) is 23.5 Å². The van der Waals surface area contributed by atoms with Crippen LogP contribution in [0.1, 0.15) is 19.8 Å². The van der Waals surface area contributed by atoms with Gasteiger partial charge in [-0.3, -0.25) is 9.59 Å². The monoisotopic (exact) mass is 561 g/mol. The number of aliphatic carboxylic acids is 1. The molecule has 1 atom stereocenters. The molecule has 0 saturated carbocycles. The number of halogens is 3. The third-order valence-electron chi connectivity index (χ3n) is 5.25. The fourth-order valence-electron chi connectivity index (χ4n) is 3.47. The minimum Gasteiger partial charge on any atom is -0.481 e. The van der Waals surface area contributed by atoms with Crippen LogP contribution in [0, 0.1) is 11.6 Å². The lowest BCUT2D eigenvalue weighted by atomic mass is 10.1. The first-order valence-electron chi connectivity index (χ1n) is 11.6. The molecule has 4 aromatic rings. The predicted octanol–water partition coefficient (Wildman–Crippen LogP) is 4.38. The molecule has 14 heteroatoms. The van der Waals surface area contributed by atoms with Crippen LogP contribution >= 0.6 is 11.6 Å². The van der Waals surface area contributed by atoms with Crippen molar-refractivity contribution >= 4 is 40.4 Å². The largest absolute Gasteiger partial charge is 0.481 e. The molecule has 0 fully saturated rings. The first-order chi connectivity index (χ1) is 18.6. The molecule has 0 aliphatic rings. The molecule has 39 heavy (non-hydrogen) atoms. The number of rotatable bonds is 11. The molecule has 0 saturated heterocycles. The van der Waals surface area contributed by atoms with E-state index in [2.05, 4.69) is 20.4 Å². The van der Waals surface area contributed by atoms with Gasteiger partial charge < -0.3 is 25.0 Å². The summed E-state index contributed by atoms with van der Waals surface area (Å²) in [6.45, 7) is 1.13. The first-order valence-corrected chi connectivity index (χ1v) is 12.0. The van der Waals surface area contributed by atoms with Crippen LogP contribution in [-0.2, 0) is 21.1 Å². The van der Waals surface area contributed by atoms with Crippen LogP contribution in [0.4, 0.5) is 14.6 Å². The number of anilines is 1. The van der Waals surface area contributed by atoms with Crippen molar-refractivity contribution in [3.05, 3.63) is 59.1 Å². The Balaban J connectivity index is 1.84. The number of carbonyl (C=O) groups excluding carboxylic acids is 1. The number of carboxylic acids is 1. The number of carboxylic acid groups (broad SMARTS) is 1. The number of fused-ring (bicyclic) bond motifs is 1. The molecule has 0 radical (unpaired) electrons. The zero-order valence-electron chi connectivity index (χ0n) is 20.4. The van der Waals surface area contributed by atoms with E-state index in [0.29, 0.717) is 27.7 Å². The van der Waals surface area contributed by atoms with Gasteiger partial charge in [0.1, 0.15) is 17.3 Å². The van der Waals surface area contributed by atoms with Crippen molar-refractivity contribution < 1.29 is 38.1 Å². The van der Waals surface area contributed by atoms with Crippen LogP contribution in [0.2, 0.25) is 5.02 Å². The summed E-state index contributed by atoms with van der Waals surface area (Å²) in [7, 11) is 0. The Morgan fingerprint density at radius 3 is 2.62 bits per heavy atom. The van der Waals surface area contributed by atoms with E-state index in [4.69, 9.17) is 26.2 Å². The number of aliphatic hydroxyl groups is 1. The summed E-state index contributed by atoms with van der Waals surface area (Å²) in [5.41, 5.74) is 0.864. The van der Waals surface area contributed by atoms with Gasteiger partial charge >= 0.3 is 17.9 Å². The van der Waals surface area contributed by atoms with Gasteiger partial charge in [0, 0.05) is 18.2 Å². The molecular formula is C25H22ClF2N5O6. The third kappa shape index (κ3) is 6.75. The van der Waals surface area contributed by atoms with Gasteiger partial charge in [-0.2, -0.15) is 15.1 Å². The zero-order valence-corrected chi connectivity index (χ0v) is 21.2. The summed E-state index contributed by atoms with van der Waals surface area (Å²) < 4.78 is 39.6. The molecule has 0 spiro atoms. The van der Waals surface area contributed by atoms with Gasteiger partial charge in [-0.1, -0.05) is 29.8 Å². The van der Waals surface area contributed by atoms with Gasteiger partial charge in [0.25, 0.3) is 0 Å². The average Bonchev–Trinajstić information content (AvgIpc) is 3.25. The van der Waals surface area contributed by atoms with Crippen molar-refractivity contribution in [2.45, 2.75) is 32.6 Å². The standard InChI is InChI=1S/C25H22ClF2N5O6/c1-13(34)11-29-23-21-22(15-4-2-3-5-16(15)26)32-33(12-38-20(37)9-8-19(35)36)24(21)31-25(30-23)39-18-7-6-14(27)10-17(18)28/h2-7,10,13,34H,8-9,11-12H2,1H3,(H,35,36)(H,29,30,31)/t13-/m0/s1. The number of hydrogen-bond donors (Lipinski definition) is 3. The number of aliphatic hydroxyl groups excluding tert-OH is 1. The minimum atomic E-state index is -1.16. The Kier molecular flexibility index (Phi) is 8.52. The van der Waals surface area contributed by atoms with Crippen LogP contribution in [0.15, 0.2) is 42.5 Å². The van der Waals surface area contributed by atoms with Gasteiger partial charge in [0.15, 0.2) is 23.9 Å². The molecule has 0 bridgehead atoms. The molecule has 4 rings (SSSR count). The predicted molar refractivity (Wildman–Crippen MR) is 135 cm³/mol. The summed E-state index contributed by atoms with van der Waals surface area (Å²) >= 11 is 6.43. The summed E-state index contributed by atoms with van der Waals surface area (Å²) in [5.74, 6) is -3.95. The Morgan fingerprint density at radius 1 is 1.15 bits per heavy atom. The van der Waals surface area contributed by atoms with Gasteiger partial charge in [-0.05, 0) is 25.1 Å². The topological polar surface area (TPSA) is 149 Å². The van der Waals surface area contributed by atoms with E-state index in [1.807, 2.05) is 0 Å². The second-order valence-electron chi connectivity index (χ2n) is 8.33. The summed E-state index contributed by atoms with van der Waals surface area (Å²) in [5, 5.41) is 26.8. The lowest BCUT2D eigenvalue weighted by Crippen LogP contribution is -2.17. The second-order valence-corrected chi connectivity index (χ2v) is 8.73. The fraction of sp³-hybridized carbons (Fsp3) is 0.240. The normalized spacial score (nSPS) is 11.8. The number of benzene rings is 2. The van der Waals surface area contributed by atoms with Crippen LogP contribution in [0.25, 0.3) is 22.3 Å². The second kappa shape index (κ2) is 12.0. The number of nitrogens with zero attached hydrogens (tertiary/aromatic N) is 4. The van der Waals surface area contributed by atoms with Crippen molar-refractivity contribution in [3.8, 4) is 23.0 Å². The first kappa shape index (κ1) is 27.7. The van der Waals surface area contributed by atoms with E-state index in [-0.39, 0.29) is 36.2 Å². The molecule has 11 nitrogen and oxygen atoms in total. The highest BCUT2D eigenvalue weighted by atomic mass is 35.5. The van der Waals surface area contributed by atoms with Gasteiger partial charge in [0.05, 0.1) is 29.4 Å². The Bertz CT molecular complexity index is 1530. The summed E-state index contributed by atoms with van der Waals surface area (Å²) in [4.78, 5) is 31.5. The Labute approximate surface area is 225 Å². The van der Waals surface area contributed by atoms with Crippen LogP contribution in [0.3, 0.4) is 0 Å². The molecule has 204 valence electrons. The minimum absolute atomic E-state index is 0.0494. The van der Waals surface area contributed by atoms with Crippen LogP contribution < -0.4 is 10.1 Å². The quantitative estimate of drug-likeness (QED) is 0.225. The Morgan fingerprint density at radius 2 is 1.92 bits per heavy atom. The van der Waals surface area contributed by atoms with E-state index in [1.165, 1.54) is 4.68 Å². The molecule has 0 aliphatic carbocycles. The molecule has 0 unspecified atom stereocenters. The van der Waals surface area contributed by atoms with E-state index in [1.54, 1.807) is 31.2 Å². The van der Waals surface area contributed by atoms with Crippen molar-refractivity contribution in [2.24, 2.45) is 0 Å². The highest BCUT2D eigenvalue weighted by Gasteiger charge is 2.23. The molecule has 0 amide bonds. The van der Waals surface area contributed by atoms with Crippen molar-refractivity contribution in [2.75, 3.05) is 11.9 Å². The van der Waals surface area contributed by atoms with Crippen molar-refractivity contribution in [3.63, 3.8) is 0 Å². The van der Waals surface area contributed by atoms with E-state index in [0.717, 1.165) is 12.1 Å². The highest BCUT2D eigenvalue weighted by Crippen LogP contribution is 2.37. The van der Waals surface area contributed by atoms with E-state index >= 15 is 0 Å². The lowest BCUT2D eigenvalue weighted by Gasteiger charge is -2.12. The highest BCUT2D eigenvalue weighted by molar-refractivity contribution is 6.33. The maximum atomic E-state index is 14.3. The number of carbonyl (C=O) groups is 2. The third-order valence-corrected chi connectivity index (χ3v) is 5.58. The van der Waals surface area contributed by atoms with Crippen LogP contribution in [-0.4, -0.2) is 54.5 Å². The van der Waals surface area contributed by atoms with Gasteiger partial charge in [-0.25, -0.2) is 13.5 Å². The van der Waals surface area contributed by atoms with Gasteiger partial charge in [0.2, 0.25) is 0 Å². The molecule has 2 heterocycles. The maximum Gasteiger partial charge on any atom is 0.326 e. The van der Waals surface area contributed by atoms with Crippen molar-refractivity contribution in [1.82, 2.24) is 19.7 Å². The zero-order chi connectivity index (χ0) is 28.1. The molecule has 2 aromatic carbocycles. The lowest BCUT2D eigenvalue weighted by molar-refractivity contribution is -0.150. The number of esters is 1. The summed E-state index contributed by atoms with van der Waals surface area (Å²) in [6.07, 6.45) is -1.57. The number of ether oxygens (including phenoxy) is 2. The maximum absolute atomic E-state index is 14.3. The smallest absolute Gasteiger partial charge is 0.326 e. The van der Waals surface area contributed by atoms with Crippen LogP contribution in [0.5, 0.6) is 11.8 Å². The number of hydrogen-bond acceptors (Lipinski definition) is 9. The molecular weight excluding hydrogens is 540 g/mol. The number of nitrogens with one attached hydrogen (secondary N) is 1. The Hall–Kier alpha value is -4.36. The van der Waals surface area contributed by atoms with E-state index < -0.39 is 42.8 Å².